The number of alkyl halides is 1. The van der Waals surface area contributed by atoms with E-state index in [1.165, 1.54) is 11.3 Å². The summed E-state index contributed by atoms with van der Waals surface area (Å²) < 4.78 is 0. The van der Waals surface area contributed by atoms with E-state index in [0.717, 1.165) is 17.0 Å². The van der Waals surface area contributed by atoms with Gasteiger partial charge in [-0.25, -0.2) is 4.98 Å². The Morgan fingerprint density at radius 1 is 1.42 bits per heavy atom. The Labute approximate surface area is 121 Å². The maximum Gasteiger partial charge on any atom is 0.243 e. The third-order valence-electron chi connectivity index (χ3n) is 2.80. The van der Waals surface area contributed by atoms with Crippen LogP contribution in [-0.2, 0) is 4.79 Å². The molecule has 3 nitrogen and oxygen atoms in total. The summed E-state index contributed by atoms with van der Waals surface area (Å²) >= 11 is 7.73. The van der Waals surface area contributed by atoms with E-state index in [1.54, 1.807) is 6.20 Å². The van der Waals surface area contributed by atoms with E-state index < -0.39 is 5.38 Å². The molecule has 0 aliphatic carbocycles. The molecule has 1 heterocycles. The van der Waals surface area contributed by atoms with Gasteiger partial charge >= 0.3 is 0 Å². The van der Waals surface area contributed by atoms with Crippen LogP contribution in [0.5, 0.6) is 0 Å². The first-order chi connectivity index (χ1) is 9.22. The van der Waals surface area contributed by atoms with Gasteiger partial charge in [0.2, 0.25) is 5.91 Å². The van der Waals surface area contributed by atoms with Crippen molar-refractivity contribution in [2.24, 2.45) is 0 Å². The fourth-order valence-corrected chi connectivity index (χ4v) is 2.74. The van der Waals surface area contributed by atoms with Crippen molar-refractivity contribution >= 4 is 28.8 Å². The first-order valence-electron chi connectivity index (χ1n) is 6.11. The number of amides is 1. The molecule has 1 amide bonds. The summed E-state index contributed by atoms with van der Waals surface area (Å²) in [6.07, 6.45) is 2.53. The van der Waals surface area contributed by atoms with Gasteiger partial charge < -0.3 is 5.32 Å². The molecule has 1 aromatic carbocycles. The molecule has 1 N–H and O–H groups in total. The quantitative estimate of drug-likeness (QED) is 0.855. The number of nitrogens with one attached hydrogen (secondary N) is 1. The average Bonchev–Trinajstić information content (AvgIpc) is 2.98. The summed E-state index contributed by atoms with van der Waals surface area (Å²) in [4.78, 5) is 16.4. The van der Waals surface area contributed by atoms with E-state index in [9.17, 15) is 4.79 Å². The fourth-order valence-electron chi connectivity index (χ4n) is 1.76. The van der Waals surface area contributed by atoms with Crippen LogP contribution in [0.3, 0.4) is 0 Å². The van der Waals surface area contributed by atoms with Gasteiger partial charge in [-0.15, -0.1) is 22.9 Å². The molecule has 0 fully saturated rings. The highest BCUT2D eigenvalue weighted by Crippen LogP contribution is 2.24. The number of hydrogen-bond acceptors (Lipinski definition) is 3. The van der Waals surface area contributed by atoms with Crippen molar-refractivity contribution in [1.29, 1.82) is 0 Å². The van der Waals surface area contributed by atoms with Gasteiger partial charge in [-0.2, -0.15) is 0 Å². The minimum Gasteiger partial charge on any atom is -0.345 e. The van der Waals surface area contributed by atoms with Crippen LogP contribution in [0.2, 0.25) is 0 Å². The Morgan fingerprint density at radius 3 is 2.74 bits per heavy atom. The molecule has 2 atom stereocenters. The van der Waals surface area contributed by atoms with E-state index in [4.69, 9.17) is 11.6 Å². The number of thiazole rings is 1. The first kappa shape index (κ1) is 14.0. The van der Waals surface area contributed by atoms with E-state index in [-0.39, 0.29) is 11.9 Å². The highest BCUT2D eigenvalue weighted by atomic mass is 35.5. The molecule has 2 unspecified atom stereocenters. The topological polar surface area (TPSA) is 42.0 Å². The van der Waals surface area contributed by atoms with Crippen LogP contribution in [0.15, 0.2) is 41.9 Å². The highest BCUT2D eigenvalue weighted by molar-refractivity contribution is 7.09. The van der Waals surface area contributed by atoms with Gasteiger partial charge in [-0.3, -0.25) is 4.79 Å². The molecule has 2 rings (SSSR count). The third kappa shape index (κ3) is 3.55. The number of carbonyl (C=O) groups excluding carboxylic acids is 1. The predicted octanol–water partition coefficient (Wildman–Crippen LogP) is 3.69. The predicted molar refractivity (Wildman–Crippen MR) is 78.3 cm³/mol. The number of rotatable bonds is 5. The molecule has 0 aliphatic rings. The maximum atomic E-state index is 12.1. The van der Waals surface area contributed by atoms with Crippen LogP contribution in [0.4, 0.5) is 0 Å². The molecule has 1 aromatic heterocycles. The van der Waals surface area contributed by atoms with Gasteiger partial charge in [0.25, 0.3) is 0 Å². The third-order valence-corrected chi connectivity index (χ3v) is 4.14. The number of aromatic nitrogens is 1. The van der Waals surface area contributed by atoms with E-state index in [1.807, 2.05) is 42.6 Å². The molecule has 0 saturated heterocycles. The largest absolute Gasteiger partial charge is 0.345 e. The van der Waals surface area contributed by atoms with E-state index in [0.29, 0.717) is 0 Å². The van der Waals surface area contributed by atoms with Crippen molar-refractivity contribution in [3.63, 3.8) is 0 Å². The second-order valence-electron chi connectivity index (χ2n) is 4.11. The second-order valence-corrected chi connectivity index (χ2v) is 5.48. The van der Waals surface area contributed by atoms with Crippen molar-refractivity contribution in [1.82, 2.24) is 10.3 Å². The molecular weight excluding hydrogens is 280 g/mol. The van der Waals surface area contributed by atoms with Gasteiger partial charge in [-0.05, 0) is 12.0 Å². The lowest BCUT2D eigenvalue weighted by atomic mass is 10.1. The smallest absolute Gasteiger partial charge is 0.243 e. The SMILES string of the molecule is CCC(NC(=O)C(Cl)c1ccccc1)c1nccs1. The Kier molecular flexibility index (Phi) is 4.93. The highest BCUT2D eigenvalue weighted by Gasteiger charge is 2.21. The van der Waals surface area contributed by atoms with Gasteiger partial charge in [0, 0.05) is 11.6 Å². The fraction of sp³-hybridized carbons (Fsp3) is 0.286. The Balaban J connectivity index is 2.04. The number of halogens is 1. The standard InChI is InChI=1S/C14H15ClN2OS/c1-2-11(14-16-8-9-19-14)17-13(18)12(15)10-6-4-3-5-7-10/h3-9,11-12H,2H2,1H3,(H,17,18). The number of hydrogen-bond donors (Lipinski definition) is 1. The monoisotopic (exact) mass is 294 g/mol. The van der Waals surface area contributed by atoms with Crippen LogP contribution in [0.25, 0.3) is 0 Å². The summed E-state index contributed by atoms with van der Waals surface area (Å²) in [5.41, 5.74) is 0.802. The Morgan fingerprint density at radius 2 is 2.16 bits per heavy atom. The van der Waals surface area contributed by atoms with Gasteiger partial charge in [0.1, 0.15) is 10.4 Å². The second kappa shape index (κ2) is 6.68. The molecule has 2 aromatic rings. The normalized spacial score (nSPS) is 13.8. The van der Waals surface area contributed by atoms with Crippen LogP contribution in [-0.4, -0.2) is 10.9 Å². The maximum absolute atomic E-state index is 12.1. The number of nitrogens with zero attached hydrogens (tertiary/aromatic N) is 1. The van der Waals surface area contributed by atoms with Gasteiger partial charge in [0.05, 0.1) is 6.04 Å². The van der Waals surface area contributed by atoms with E-state index >= 15 is 0 Å². The number of carbonyl (C=O) groups is 1. The van der Waals surface area contributed by atoms with Crippen molar-refractivity contribution in [2.45, 2.75) is 24.8 Å². The summed E-state index contributed by atoms with van der Waals surface area (Å²) in [5.74, 6) is -0.185. The van der Waals surface area contributed by atoms with Crippen LogP contribution >= 0.6 is 22.9 Å². The lowest BCUT2D eigenvalue weighted by Crippen LogP contribution is -2.30. The molecule has 0 saturated carbocycles. The summed E-state index contributed by atoms with van der Waals surface area (Å²) in [6.45, 7) is 2.01. The molecule has 5 heteroatoms. The minimum atomic E-state index is -0.671. The lowest BCUT2D eigenvalue weighted by Gasteiger charge is -2.17. The van der Waals surface area contributed by atoms with Crippen molar-refractivity contribution in [2.75, 3.05) is 0 Å². The van der Waals surface area contributed by atoms with Crippen LogP contribution < -0.4 is 5.32 Å². The summed E-state index contributed by atoms with van der Waals surface area (Å²) in [7, 11) is 0. The molecule has 0 radical (unpaired) electrons. The lowest BCUT2D eigenvalue weighted by molar-refractivity contribution is -0.121. The Bertz CT molecular complexity index is 516. The zero-order chi connectivity index (χ0) is 13.7. The van der Waals surface area contributed by atoms with Gasteiger partial charge in [0.15, 0.2) is 0 Å². The summed E-state index contributed by atoms with van der Waals surface area (Å²) in [6, 6.07) is 9.27. The van der Waals surface area contributed by atoms with Crippen molar-refractivity contribution in [3.8, 4) is 0 Å². The number of benzene rings is 1. The molecule has 19 heavy (non-hydrogen) atoms. The van der Waals surface area contributed by atoms with Crippen molar-refractivity contribution < 1.29 is 4.79 Å². The zero-order valence-electron chi connectivity index (χ0n) is 10.5. The first-order valence-corrected chi connectivity index (χ1v) is 7.42. The molecular formula is C14H15ClN2OS. The minimum absolute atomic E-state index is 0.0718. The average molecular weight is 295 g/mol. The van der Waals surface area contributed by atoms with Crippen LogP contribution in [0.1, 0.15) is 35.3 Å². The molecule has 0 bridgehead atoms. The molecule has 0 spiro atoms. The van der Waals surface area contributed by atoms with Gasteiger partial charge in [-0.1, -0.05) is 37.3 Å². The Hall–Kier alpha value is -1.39. The molecule has 100 valence electrons. The zero-order valence-corrected chi connectivity index (χ0v) is 12.1. The summed E-state index contributed by atoms with van der Waals surface area (Å²) in [5, 5.41) is 5.09. The van der Waals surface area contributed by atoms with Crippen molar-refractivity contribution in [3.05, 3.63) is 52.5 Å². The van der Waals surface area contributed by atoms with E-state index in [2.05, 4.69) is 10.3 Å². The molecule has 0 aliphatic heterocycles. The van der Waals surface area contributed by atoms with Crippen LogP contribution in [0, 0.1) is 0 Å².